The molecule has 0 saturated heterocycles. The number of aliphatic hydroxyl groups excluding tert-OH is 1. The van der Waals surface area contributed by atoms with Gasteiger partial charge in [-0.1, -0.05) is 24.4 Å². The lowest BCUT2D eigenvalue weighted by atomic mass is 10.1. The highest BCUT2D eigenvalue weighted by Gasteiger charge is 2.18. The zero-order valence-electron chi connectivity index (χ0n) is 9.37. The quantitative estimate of drug-likeness (QED) is 0.796. The van der Waals surface area contributed by atoms with Crippen molar-refractivity contribution in [1.29, 1.82) is 0 Å². The van der Waals surface area contributed by atoms with Gasteiger partial charge >= 0.3 is 0 Å². The summed E-state index contributed by atoms with van der Waals surface area (Å²) in [6, 6.07) is 9.28. The van der Waals surface area contributed by atoms with Gasteiger partial charge < -0.3 is 14.3 Å². The molecule has 2 aromatic rings. The van der Waals surface area contributed by atoms with E-state index >= 15 is 0 Å². The van der Waals surface area contributed by atoms with Crippen LogP contribution in [0.4, 0.5) is 0 Å². The molecule has 0 fully saturated rings. The van der Waals surface area contributed by atoms with Crippen molar-refractivity contribution in [2.24, 2.45) is 0 Å². The van der Waals surface area contributed by atoms with Gasteiger partial charge in [0.25, 0.3) is 0 Å². The topological polar surface area (TPSA) is 42.6 Å². The number of hydrogen-bond acceptors (Lipinski definition) is 4. The maximum absolute atomic E-state index is 9.75. The third-order valence-electron chi connectivity index (χ3n) is 2.75. The normalized spacial score (nSPS) is 18.5. The van der Waals surface area contributed by atoms with Crippen LogP contribution in [0.25, 0.3) is 16.5 Å². The van der Waals surface area contributed by atoms with E-state index in [9.17, 15) is 5.11 Å². The van der Waals surface area contributed by atoms with Crippen LogP contribution in [0, 0.1) is 4.51 Å². The van der Waals surface area contributed by atoms with Gasteiger partial charge in [-0.2, -0.15) is 0 Å². The predicted molar refractivity (Wildman–Crippen MR) is 71.3 cm³/mol. The first-order valence-electron chi connectivity index (χ1n) is 5.49. The molecule has 1 aliphatic heterocycles. The molecule has 1 atom stereocenters. The van der Waals surface area contributed by atoms with Gasteiger partial charge in [-0.3, -0.25) is 0 Å². The van der Waals surface area contributed by atoms with Crippen LogP contribution < -0.4 is 0 Å². The molecule has 1 N–H and O–H groups in total. The lowest BCUT2D eigenvalue weighted by Gasteiger charge is -2.16. The van der Waals surface area contributed by atoms with E-state index in [-0.39, 0.29) is 0 Å². The van der Waals surface area contributed by atoms with Gasteiger partial charge in [-0.25, -0.2) is 0 Å². The van der Waals surface area contributed by atoms with E-state index < -0.39 is 6.29 Å². The van der Waals surface area contributed by atoms with Gasteiger partial charge in [-0.05, 0) is 24.3 Å². The fourth-order valence-corrected chi connectivity index (χ4v) is 2.14. The summed E-state index contributed by atoms with van der Waals surface area (Å²) >= 11 is 5.32. The van der Waals surface area contributed by atoms with Crippen LogP contribution in [0.1, 0.15) is 5.76 Å². The molecule has 1 aromatic carbocycles. The number of ether oxygens (including phenoxy) is 1. The molecule has 4 heteroatoms. The second kappa shape index (κ2) is 4.40. The highest BCUT2D eigenvalue weighted by molar-refractivity contribution is 7.71. The van der Waals surface area contributed by atoms with E-state index in [1.54, 1.807) is 18.2 Å². The Morgan fingerprint density at radius 2 is 2.06 bits per heavy atom. The first kappa shape index (κ1) is 11.2. The summed E-state index contributed by atoms with van der Waals surface area (Å²) in [6.45, 7) is 0. The predicted octanol–water partition coefficient (Wildman–Crippen LogP) is 3.41. The molecule has 1 unspecified atom stereocenters. The van der Waals surface area contributed by atoms with Gasteiger partial charge in [0, 0.05) is 11.5 Å². The monoisotopic (exact) mass is 258 g/mol. The highest BCUT2D eigenvalue weighted by Crippen LogP contribution is 2.27. The van der Waals surface area contributed by atoms with E-state index in [0.717, 1.165) is 5.39 Å². The Kier molecular flexibility index (Phi) is 2.74. The van der Waals surface area contributed by atoms with E-state index in [0.29, 0.717) is 21.4 Å². The zero-order valence-corrected chi connectivity index (χ0v) is 10.2. The molecular formula is C14H10O3S. The summed E-state index contributed by atoms with van der Waals surface area (Å²) in [6.07, 6.45) is 3.87. The van der Waals surface area contributed by atoms with Crippen LogP contribution in [-0.4, -0.2) is 11.4 Å². The number of allylic oxidation sites excluding steroid dienone is 2. The van der Waals surface area contributed by atoms with Gasteiger partial charge in [0.05, 0.1) is 16.3 Å². The van der Waals surface area contributed by atoms with Crippen LogP contribution in [0.2, 0.25) is 0 Å². The summed E-state index contributed by atoms with van der Waals surface area (Å²) < 4.78 is 11.4. The van der Waals surface area contributed by atoms with Crippen molar-refractivity contribution in [3.8, 4) is 0 Å². The molecule has 0 spiro atoms. The van der Waals surface area contributed by atoms with Crippen LogP contribution in [0.3, 0.4) is 0 Å². The number of hydrogen-bond donors (Lipinski definition) is 1. The second-order valence-corrected chi connectivity index (χ2v) is 4.35. The Bertz CT molecular complexity index is 712. The molecule has 3 rings (SSSR count). The Morgan fingerprint density at radius 1 is 1.22 bits per heavy atom. The van der Waals surface area contributed by atoms with Crippen molar-refractivity contribution in [2.75, 3.05) is 0 Å². The van der Waals surface area contributed by atoms with Crippen LogP contribution in [-0.2, 0) is 4.74 Å². The number of aliphatic hydroxyl groups is 1. The molecule has 0 saturated carbocycles. The number of benzene rings is 1. The molecule has 18 heavy (non-hydrogen) atoms. The van der Waals surface area contributed by atoms with Crippen molar-refractivity contribution < 1.29 is 14.3 Å². The fraction of sp³-hybridized carbons (Fsp3) is 0.0714. The van der Waals surface area contributed by atoms with Crippen LogP contribution in [0.5, 0.6) is 0 Å². The number of para-hydroxylation sites is 1. The SMILES string of the molecule is OC1OC=CC=C1c1cc(=S)c2ccccc2o1. The van der Waals surface area contributed by atoms with Crippen molar-refractivity contribution in [2.45, 2.75) is 6.29 Å². The average molecular weight is 258 g/mol. The average Bonchev–Trinajstić information content (AvgIpc) is 2.39. The minimum atomic E-state index is -1.02. The van der Waals surface area contributed by atoms with Crippen molar-refractivity contribution in [1.82, 2.24) is 0 Å². The summed E-state index contributed by atoms with van der Waals surface area (Å²) in [4.78, 5) is 0. The largest absolute Gasteiger partial charge is 0.468 e. The van der Waals surface area contributed by atoms with Gasteiger partial charge in [-0.15, -0.1) is 0 Å². The molecule has 3 nitrogen and oxygen atoms in total. The molecule has 2 heterocycles. The fourth-order valence-electron chi connectivity index (χ4n) is 1.87. The summed E-state index contributed by atoms with van der Waals surface area (Å²) in [5, 5.41) is 10.6. The molecular weight excluding hydrogens is 248 g/mol. The Morgan fingerprint density at radius 3 is 2.89 bits per heavy atom. The van der Waals surface area contributed by atoms with Gasteiger partial charge in [0.15, 0.2) is 0 Å². The van der Waals surface area contributed by atoms with E-state index in [1.165, 1.54) is 6.26 Å². The molecule has 0 radical (unpaired) electrons. The molecule has 0 bridgehead atoms. The first-order valence-corrected chi connectivity index (χ1v) is 5.90. The summed E-state index contributed by atoms with van der Waals surface area (Å²) in [7, 11) is 0. The first-order chi connectivity index (χ1) is 8.75. The third kappa shape index (κ3) is 1.85. The van der Waals surface area contributed by atoms with Crippen molar-refractivity contribution >= 4 is 28.8 Å². The van der Waals surface area contributed by atoms with E-state index in [1.807, 2.05) is 24.3 Å². The number of rotatable bonds is 1. The number of fused-ring (bicyclic) bond motifs is 1. The standard InChI is InChI=1S/C14H10O3S/c15-14-10(5-3-7-16-14)12-8-13(18)9-4-1-2-6-11(9)17-12/h1-8,14-15H. The summed E-state index contributed by atoms with van der Waals surface area (Å²) in [5.41, 5.74) is 1.26. The minimum Gasteiger partial charge on any atom is -0.468 e. The Hall–Kier alpha value is -1.91. The van der Waals surface area contributed by atoms with E-state index in [2.05, 4.69) is 0 Å². The van der Waals surface area contributed by atoms with Crippen molar-refractivity contribution in [3.05, 3.63) is 59.0 Å². The lowest BCUT2D eigenvalue weighted by Crippen LogP contribution is -2.13. The smallest absolute Gasteiger partial charge is 0.227 e. The maximum Gasteiger partial charge on any atom is 0.227 e. The molecule has 1 aliphatic rings. The minimum absolute atomic E-state index is 0.524. The Balaban J connectivity index is 2.22. The third-order valence-corrected chi connectivity index (χ3v) is 3.08. The van der Waals surface area contributed by atoms with Gasteiger partial charge in [0.2, 0.25) is 6.29 Å². The van der Waals surface area contributed by atoms with Gasteiger partial charge in [0.1, 0.15) is 11.3 Å². The Labute approximate surface area is 109 Å². The molecule has 90 valence electrons. The maximum atomic E-state index is 9.75. The lowest BCUT2D eigenvalue weighted by molar-refractivity contribution is -0.00553. The molecule has 1 aromatic heterocycles. The van der Waals surface area contributed by atoms with Crippen LogP contribution >= 0.6 is 12.2 Å². The molecule has 0 amide bonds. The van der Waals surface area contributed by atoms with Crippen molar-refractivity contribution in [3.63, 3.8) is 0 Å². The highest BCUT2D eigenvalue weighted by atomic mass is 32.1. The second-order valence-electron chi connectivity index (χ2n) is 3.91. The van der Waals surface area contributed by atoms with E-state index in [4.69, 9.17) is 21.4 Å². The zero-order chi connectivity index (χ0) is 12.5. The molecule has 0 aliphatic carbocycles. The van der Waals surface area contributed by atoms with Crippen LogP contribution in [0.15, 0.2) is 53.2 Å². The summed E-state index contributed by atoms with van der Waals surface area (Å²) in [5.74, 6) is 0.524.